The largest absolute Gasteiger partial charge is 0.340 e. The first-order valence-corrected chi connectivity index (χ1v) is 5.17. The summed E-state index contributed by atoms with van der Waals surface area (Å²) < 4.78 is 0. The monoisotopic (exact) mass is 196 g/mol. The van der Waals surface area contributed by atoms with E-state index in [2.05, 4.69) is 28.7 Å². The second-order valence-electron chi connectivity index (χ2n) is 4.30. The van der Waals surface area contributed by atoms with Crippen molar-refractivity contribution in [2.24, 2.45) is 11.1 Å². The van der Waals surface area contributed by atoms with Gasteiger partial charge in [-0.1, -0.05) is 5.16 Å². The topological polar surface area (TPSA) is 41.9 Å². The van der Waals surface area contributed by atoms with E-state index in [1.807, 2.05) is 0 Å². The summed E-state index contributed by atoms with van der Waals surface area (Å²) in [5.74, 6) is 0.229. The highest BCUT2D eigenvalue weighted by Crippen LogP contribution is 2.23. The van der Waals surface area contributed by atoms with Gasteiger partial charge < -0.3 is 9.74 Å². The van der Waals surface area contributed by atoms with Gasteiger partial charge in [0.1, 0.15) is 0 Å². The Morgan fingerprint density at radius 2 is 2.36 bits per heavy atom. The van der Waals surface area contributed by atoms with Crippen LogP contribution in [-0.2, 0) is 9.63 Å². The van der Waals surface area contributed by atoms with Gasteiger partial charge in [-0.05, 0) is 26.8 Å². The van der Waals surface area contributed by atoms with Crippen LogP contribution in [0.2, 0.25) is 0 Å². The maximum Gasteiger partial charge on any atom is 0.340 e. The Bertz CT molecular complexity index is 273. The molecule has 1 fully saturated rings. The van der Waals surface area contributed by atoms with Gasteiger partial charge in [0.05, 0.1) is 12.1 Å². The van der Waals surface area contributed by atoms with Gasteiger partial charge in [-0.2, -0.15) is 0 Å². The Balaban J connectivity index is 1.93. The van der Waals surface area contributed by atoms with E-state index >= 15 is 0 Å². The van der Waals surface area contributed by atoms with Gasteiger partial charge in [0.15, 0.2) is 0 Å². The van der Waals surface area contributed by atoms with Crippen molar-refractivity contribution in [3.8, 4) is 0 Å². The summed E-state index contributed by atoms with van der Waals surface area (Å²) in [4.78, 5) is 17.9. The molecular weight excluding hydrogens is 180 g/mol. The smallest absolute Gasteiger partial charge is 0.318 e. The van der Waals surface area contributed by atoms with Crippen LogP contribution in [0.25, 0.3) is 0 Å². The molecule has 78 valence electrons. The summed E-state index contributed by atoms with van der Waals surface area (Å²) in [5, 5.41) is 3.83. The van der Waals surface area contributed by atoms with E-state index in [-0.39, 0.29) is 5.97 Å². The van der Waals surface area contributed by atoms with Crippen molar-refractivity contribution in [1.29, 1.82) is 0 Å². The van der Waals surface area contributed by atoms with Gasteiger partial charge in [-0.25, -0.2) is 4.79 Å². The van der Waals surface area contributed by atoms with Crippen LogP contribution in [0.3, 0.4) is 0 Å². The molecule has 4 nitrogen and oxygen atoms in total. The first kappa shape index (κ1) is 9.65. The Labute approximate surface area is 83.9 Å². The maximum atomic E-state index is 10.9. The normalized spacial score (nSPS) is 28.4. The lowest BCUT2D eigenvalue weighted by Gasteiger charge is -2.19. The lowest BCUT2D eigenvalue weighted by Crippen LogP contribution is -2.29. The van der Waals surface area contributed by atoms with E-state index in [0.29, 0.717) is 18.4 Å². The van der Waals surface area contributed by atoms with Crippen LogP contribution in [0.15, 0.2) is 5.16 Å². The molecule has 2 heterocycles. The van der Waals surface area contributed by atoms with Gasteiger partial charge >= 0.3 is 5.97 Å². The Morgan fingerprint density at radius 3 is 2.86 bits per heavy atom. The van der Waals surface area contributed by atoms with Crippen molar-refractivity contribution < 1.29 is 9.63 Å². The minimum absolute atomic E-state index is 0.206. The van der Waals surface area contributed by atoms with E-state index in [0.717, 1.165) is 25.2 Å². The van der Waals surface area contributed by atoms with Crippen LogP contribution >= 0.6 is 0 Å². The number of hydrogen-bond donors (Lipinski definition) is 0. The molecule has 0 N–H and O–H groups in total. The third-order valence-electron chi connectivity index (χ3n) is 3.01. The molecule has 0 saturated carbocycles. The SMILES string of the molecule is CC(C)N1CC[C@@H](C2=NOC(=O)C2)C1. The molecule has 14 heavy (non-hydrogen) atoms. The molecule has 2 rings (SSSR count). The minimum Gasteiger partial charge on any atom is -0.318 e. The molecule has 0 unspecified atom stereocenters. The molecule has 0 aromatic carbocycles. The number of nitrogens with zero attached hydrogens (tertiary/aromatic N) is 2. The molecule has 2 aliphatic rings. The van der Waals surface area contributed by atoms with Gasteiger partial charge in [0.2, 0.25) is 0 Å². The first-order valence-electron chi connectivity index (χ1n) is 5.17. The fourth-order valence-electron chi connectivity index (χ4n) is 2.07. The second kappa shape index (κ2) is 3.69. The molecule has 1 atom stereocenters. The van der Waals surface area contributed by atoms with Gasteiger partial charge in [0.25, 0.3) is 0 Å². The van der Waals surface area contributed by atoms with E-state index < -0.39 is 0 Å². The summed E-state index contributed by atoms with van der Waals surface area (Å²) >= 11 is 0. The van der Waals surface area contributed by atoms with Crippen LogP contribution in [0.4, 0.5) is 0 Å². The molecule has 0 bridgehead atoms. The number of rotatable bonds is 2. The Morgan fingerprint density at radius 1 is 1.57 bits per heavy atom. The minimum atomic E-state index is -0.206. The van der Waals surface area contributed by atoms with E-state index in [1.54, 1.807) is 0 Å². The molecular formula is C10H16N2O2. The van der Waals surface area contributed by atoms with Crippen molar-refractivity contribution in [1.82, 2.24) is 4.90 Å². The average molecular weight is 196 g/mol. The zero-order chi connectivity index (χ0) is 10.1. The number of likely N-dealkylation sites (tertiary alicyclic amines) is 1. The average Bonchev–Trinajstić information content (AvgIpc) is 2.70. The highest BCUT2D eigenvalue weighted by atomic mass is 16.7. The summed E-state index contributed by atoms with van der Waals surface area (Å²) in [6, 6.07) is 0.582. The Kier molecular flexibility index (Phi) is 2.54. The van der Waals surface area contributed by atoms with Crippen LogP contribution < -0.4 is 0 Å². The summed E-state index contributed by atoms with van der Waals surface area (Å²) in [6.07, 6.45) is 1.50. The van der Waals surface area contributed by atoms with E-state index in [9.17, 15) is 4.79 Å². The van der Waals surface area contributed by atoms with Crippen molar-refractivity contribution >= 4 is 11.7 Å². The fourth-order valence-corrected chi connectivity index (χ4v) is 2.07. The lowest BCUT2D eigenvalue weighted by atomic mass is 10.0. The van der Waals surface area contributed by atoms with Crippen molar-refractivity contribution in [2.45, 2.75) is 32.7 Å². The van der Waals surface area contributed by atoms with Crippen molar-refractivity contribution in [3.63, 3.8) is 0 Å². The van der Waals surface area contributed by atoms with Crippen LogP contribution in [0, 0.1) is 5.92 Å². The van der Waals surface area contributed by atoms with Crippen LogP contribution in [-0.4, -0.2) is 35.7 Å². The van der Waals surface area contributed by atoms with E-state index in [1.165, 1.54) is 0 Å². The molecule has 1 saturated heterocycles. The standard InChI is InChI=1S/C10H16N2O2/c1-7(2)12-4-3-8(6-12)9-5-10(13)14-11-9/h7-8H,3-6H2,1-2H3/t8-/m1/s1. The number of carbonyl (C=O) groups excluding carboxylic acids is 1. The summed E-state index contributed by atoms with van der Waals surface area (Å²) in [7, 11) is 0. The number of hydrogen-bond acceptors (Lipinski definition) is 4. The molecule has 0 aromatic heterocycles. The predicted molar refractivity (Wildman–Crippen MR) is 53.0 cm³/mol. The van der Waals surface area contributed by atoms with E-state index in [4.69, 9.17) is 0 Å². The number of carbonyl (C=O) groups is 1. The second-order valence-corrected chi connectivity index (χ2v) is 4.30. The van der Waals surface area contributed by atoms with Gasteiger partial charge in [-0.15, -0.1) is 0 Å². The highest BCUT2D eigenvalue weighted by Gasteiger charge is 2.32. The molecule has 4 heteroatoms. The summed E-state index contributed by atoms with van der Waals surface area (Å²) in [5.41, 5.74) is 0.943. The third kappa shape index (κ3) is 1.80. The quantitative estimate of drug-likeness (QED) is 0.619. The molecule has 0 amide bonds. The Hall–Kier alpha value is -0.900. The zero-order valence-corrected chi connectivity index (χ0v) is 8.69. The molecule has 2 aliphatic heterocycles. The molecule has 0 spiro atoms. The predicted octanol–water partition coefficient (Wildman–Crippen LogP) is 1.02. The van der Waals surface area contributed by atoms with Crippen LogP contribution in [0.5, 0.6) is 0 Å². The molecule has 0 aromatic rings. The first-order chi connectivity index (χ1) is 6.66. The maximum absolute atomic E-state index is 10.9. The highest BCUT2D eigenvalue weighted by molar-refractivity contribution is 6.03. The van der Waals surface area contributed by atoms with Gasteiger partial charge in [-0.3, -0.25) is 0 Å². The van der Waals surface area contributed by atoms with Gasteiger partial charge in [0, 0.05) is 18.5 Å². The van der Waals surface area contributed by atoms with Crippen LogP contribution in [0.1, 0.15) is 26.7 Å². The zero-order valence-electron chi connectivity index (χ0n) is 8.69. The molecule has 0 radical (unpaired) electrons. The summed E-state index contributed by atoms with van der Waals surface area (Å²) in [6.45, 7) is 6.52. The molecule has 0 aliphatic carbocycles. The third-order valence-corrected chi connectivity index (χ3v) is 3.01. The lowest BCUT2D eigenvalue weighted by molar-refractivity contribution is -0.140. The fraction of sp³-hybridized carbons (Fsp3) is 0.800. The van der Waals surface area contributed by atoms with Crippen molar-refractivity contribution in [2.75, 3.05) is 13.1 Å². The van der Waals surface area contributed by atoms with Crippen molar-refractivity contribution in [3.05, 3.63) is 0 Å². The number of oxime groups is 1.